The van der Waals surface area contributed by atoms with Crippen molar-refractivity contribution in [3.8, 4) is 0 Å². The zero-order chi connectivity index (χ0) is 14.8. The molecule has 0 aromatic rings. The quantitative estimate of drug-likeness (QED) is 0.715. The Hall–Kier alpha value is -0.950. The van der Waals surface area contributed by atoms with Crippen LogP contribution >= 0.6 is 0 Å². The molecule has 2 unspecified atom stereocenters. The first-order valence-electron chi connectivity index (χ1n) is 7.05. The Labute approximate surface area is 119 Å². The zero-order valence-electron chi connectivity index (χ0n) is 11.7. The Morgan fingerprint density at radius 3 is 2.65 bits per heavy atom. The molecule has 2 fully saturated rings. The van der Waals surface area contributed by atoms with Crippen LogP contribution < -0.4 is 0 Å². The Kier molecular flexibility index (Phi) is 4.80. The van der Waals surface area contributed by atoms with E-state index in [2.05, 4.69) is 4.74 Å². The second-order valence-corrected chi connectivity index (χ2v) is 7.39. The summed E-state index contributed by atoms with van der Waals surface area (Å²) in [5.41, 5.74) is 0. The molecule has 1 aliphatic heterocycles. The van der Waals surface area contributed by atoms with Crippen molar-refractivity contribution in [2.45, 2.75) is 44.6 Å². The summed E-state index contributed by atoms with van der Waals surface area (Å²) in [6, 6.07) is -0.270. The van der Waals surface area contributed by atoms with Gasteiger partial charge in [0.15, 0.2) is 5.75 Å². The Balaban J connectivity index is 2.18. The van der Waals surface area contributed by atoms with Crippen LogP contribution in [0.25, 0.3) is 0 Å². The first-order chi connectivity index (χ1) is 9.45. The van der Waals surface area contributed by atoms with E-state index < -0.39 is 21.7 Å². The summed E-state index contributed by atoms with van der Waals surface area (Å²) in [5.74, 6) is -1.43. The van der Waals surface area contributed by atoms with Crippen molar-refractivity contribution in [2.75, 3.05) is 19.4 Å². The van der Waals surface area contributed by atoms with Crippen molar-refractivity contribution in [1.29, 1.82) is 0 Å². The van der Waals surface area contributed by atoms with Crippen molar-refractivity contribution < 1.29 is 22.7 Å². The predicted molar refractivity (Wildman–Crippen MR) is 72.5 cm³/mol. The third-order valence-corrected chi connectivity index (χ3v) is 5.97. The minimum atomic E-state index is -3.70. The maximum absolute atomic E-state index is 12.3. The number of ketones is 1. The summed E-state index contributed by atoms with van der Waals surface area (Å²) in [7, 11) is -2.53. The average Bonchev–Trinajstić information content (AvgIpc) is 2.84. The van der Waals surface area contributed by atoms with E-state index in [-0.39, 0.29) is 17.7 Å². The molecule has 6 nitrogen and oxygen atoms in total. The first kappa shape index (κ1) is 15.4. The molecule has 0 spiro atoms. The smallest absolute Gasteiger partial charge is 0.322 e. The van der Waals surface area contributed by atoms with Crippen LogP contribution in [0, 0.1) is 5.92 Å². The molecule has 2 rings (SSSR count). The first-order valence-corrected chi connectivity index (χ1v) is 8.65. The number of rotatable bonds is 4. The average molecular weight is 303 g/mol. The highest BCUT2D eigenvalue weighted by Crippen LogP contribution is 2.34. The molecule has 2 atom stereocenters. The minimum Gasteiger partial charge on any atom is -0.468 e. The van der Waals surface area contributed by atoms with Crippen LogP contribution in [-0.2, 0) is 24.3 Å². The van der Waals surface area contributed by atoms with Gasteiger partial charge in [-0.15, -0.1) is 0 Å². The molecule has 0 aromatic carbocycles. The lowest BCUT2D eigenvalue weighted by Crippen LogP contribution is -2.50. The van der Waals surface area contributed by atoms with Gasteiger partial charge in [-0.2, -0.15) is 4.31 Å². The fraction of sp³-hybridized carbons (Fsp3) is 0.846. The van der Waals surface area contributed by atoms with Crippen molar-refractivity contribution in [1.82, 2.24) is 4.31 Å². The monoisotopic (exact) mass is 303 g/mol. The standard InChI is InChI=1S/C13H21NO5S/c1-19-13(16)9-20(17,18)14-8-3-2-6-11(14)10-5-4-7-12(10)15/h10-11H,2-9H2,1H3. The lowest BCUT2D eigenvalue weighted by atomic mass is 9.90. The molecule has 7 heteroatoms. The van der Waals surface area contributed by atoms with Gasteiger partial charge in [0.05, 0.1) is 7.11 Å². The maximum atomic E-state index is 12.3. The molecule has 0 radical (unpaired) electrons. The van der Waals surface area contributed by atoms with E-state index >= 15 is 0 Å². The summed E-state index contributed by atoms with van der Waals surface area (Å²) >= 11 is 0. The van der Waals surface area contributed by atoms with Crippen LogP contribution in [0.4, 0.5) is 0 Å². The fourth-order valence-electron chi connectivity index (χ4n) is 3.22. The van der Waals surface area contributed by atoms with Crippen LogP contribution in [0.15, 0.2) is 0 Å². The highest BCUT2D eigenvalue weighted by molar-refractivity contribution is 7.89. The molecular formula is C13H21NO5S. The molecule has 1 saturated heterocycles. The maximum Gasteiger partial charge on any atom is 0.322 e. The van der Waals surface area contributed by atoms with Crippen molar-refractivity contribution in [3.63, 3.8) is 0 Å². The molecule has 1 heterocycles. The van der Waals surface area contributed by atoms with Crippen LogP contribution in [0.3, 0.4) is 0 Å². The van der Waals surface area contributed by atoms with Gasteiger partial charge >= 0.3 is 5.97 Å². The van der Waals surface area contributed by atoms with Gasteiger partial charge < -0.3 is 4.74 Å². The number of hydrogen-bond acceptors (Lipinski definition) is 5. The summed E-state index contributed by atoms with van der Waals surface area (Å²) in [6.07, 6.45) is 4.55. The number of carbonyl (C=O) groups is 2. The van der Waals surface area contributed by atoms with Crippen LogP contribution in [0.5, 0.6) is 0 Å². The van der Waals surface area contributed by atoms with Gasteiger partial charge in [-0.05, 0) is 25.7 Å². The van der Waals surface area contributed by atoms with E-state index in [0.29, 0.717) is 19.4 Å². The summed E-state index contributed by atoms with van der Waals surface area (Å²) in [5, 5.41) is 0. The van der Waals surface area contributed by atoms with E-state index in [0.717, 1.165) is 25.7 Å². The van der Waals surface area contributed by atoms with E-state index in [1.165, 1.54) is 11.4 Å². The van der Waals surface area contributed by atoms with Gasteiger partial charge in [-0.3, -0.25) is 9.59 Å². The molecule has 2 aliphatic rings. The topological polar surface area (TPSA) is 80.8 Å². The van der Waals surface area contributed by atoms with Gasteiger partial charge in [0.25, 0.3) is 0 Å². The van der Waals surface area contributed by atoms with Gasteiger partial charge in [0.1, 0.15) is 5.78 Å². The lowest BCUT2D eigenvalue weighted by Gasteiger charge is -2.37. The number of hydrogen-bond donors (Lipinski definition) is 0. The molecule has 1 saturated carbocycles. The Morgan fingerprint density at radius 1 is 1.30 bits per heavy atom. The van der Waals surface area contributed by atoms with Gasteiger partial charge in [0.2, 0.25) is 10.0 Å². The van der Waals surface area contributed by atoms with Gasteiger partial charge in [-0.25, -0.2) is 8.42 Å². The molecule has 1 aliphatic carbocycles. The van der Waals surface area contributed by atoms with Gasteiger partial charge in [0, 0.05) is 24.9 Å². The van der Waals surface area contributed by atoms with Crippen LogP contribution in [0.1, 0.15) is 38.5 Å². The molecule has 0 N–H and O–H groups in total. The number of nitrogens with zero attached hydrogens (tertiary/aromatic N) is 1. The SMILES string of the molecule is COC(=O)CS(=O)(=O)N1CCCCC1C1CCCC1=O. The number of Topliss-reactive ketones (excluding diaryl/α,β-unsaturated/α-hetero) is 1. The van der Waals surface area contributed by atoms with E-state index in [1.807, 2.05) is 0 Å². The largest absolute Gasteiger partial charge is 0.468 e. The van der Waals surface area contributed by atoms with Crippen molar-refractivity contribution in [2.24, 2.45) is 5.92 Å². The lowest BCUT2D eigenvalue weighted by molar-refractivity contribution is -0.137. The third kappa shape index (κ3) is 3.20. The van der Waals surface area contributed by atoms with E-state index in [1.54, 1.807) is 0 Å². The summed E-state index contributed by atoms with van der Waals surface area (Å²) < 4.78 is 30.5. The molecule has 114 valence electrons. The summed E-state index contributed by atoms with van der Waals surface area (Å²) in [4.78, 5) is 23.2. The van der Waals surface area contributed by atoms with Crippen molar-refractivity contribution in [3.05, 3.63) is 0 Å². The van der Waals surface area contributed by atoms with Gasteiger partial charge in [-0.1, -0.05) is 6.42 Å². The number of carbonyl (C=O) groups excluding carboxylic acids is 2. The molecule has 0 amide bonds. The molecule has 0 bridgehead atoms. The Morgan fingerprint density at radius 2 is 2.05 bits per heavy atom. The molecule has 20 heavy (non-hydrogen) atoms. The highest BCUT2D eigenvalue weighted by Gasteiger charge is 2.42. The molecular weight excluding hydrogens is 282 g/mol. The molecule has 0 aromatic heterocycles. The number of esters is 1. The number of piperidine rings is 1. The summed E-state index contributed by atoms with van der Waals surface area (Å²) in [6.45, 7) is 0.397. The zero-order valence-corrected chi connectivity index (χ0v) is 12.5. The second-order valence-electron chi connectivity index (χ2n) is 5.47. The highest BCUT2D eigenvalue weighted by atomic mass is 32.2. The second kappa shape index (κ2) is 6.22. The third-order valence-electron chi connectivity index (χ3n) is 4.20. The van der Waals surface area contributed by atoms with E-state index in [4.69, 9.17) is 0 Å². The minimum absolute atomic E-state index is 0.162. The van der Waals surface area contributed by atoms with Crippen molar-refractivity contribution >= 4 is 21.8 Å². The fourth-order valence-corrected chi connectivity index (χ4v) is 4.87. The normalized spacial score (nSPS) is 28.6. The number of methoxy groups -OCH3 is 1. The number of ether oxygens (including phenoxy) is 1. The predicted octanol–water partition coefficient (Wildman–Crippen LogP) is 0.713. The number of sulfonamides is 1. The van der Waals surface area contributed by atoms with E-state index in [9.17, 15) is 18.0 Å². The van der Waals surface area contributed by atoms with Crippen LogP contribution in [0.2, 0.25) is 0 Å². The van der Waals surface area contributed by atoms with Crippen LogP contribution in [-0.4, -0.2) is 49.9 Å². The Bertz CT molecular complexity index is 487.